The lowest BCUT2D eigenvalue weighted by Crippen LogP contribution is -2.19. The van der Waals surface area contributed by atoms with Gasteiger partial charge in [-0.3, -0.25) is 4.79 Å². The van der Waals surface area contributed by atoms with E-state index in [0.29, 0.717) is 16.9 Å². The highest BCUT2D eigenvalue weighted by Crippen LogP contribution is 2.40. The van der Waals surface area contributed by atoms with Crippen molar-refractivity contribution in [2.45, 2.75) is 52.4 Å². The van der Waals surface area contributed by atoms with E-state index >= 15 is 0 Å². The Hall–Kier alpha value is -2.29. The number of hydrogen-bond donors (Lipinski definition) is 1. The van der Waals surface area contributed by atoms with Gasteiger partial charge in [-0.15, -0.1) is 0 Å². The van der Waals surface area contributed by atoms with Gasteiger partial charge in [0.1, 0.15) is 11.5 Å². The second-order valence-corrected chi connectivity index (χ2v) is 8.48. The number of aromatic hydroxyl groups is 1. The van der Waals surface area contributed by atoms with Gasteiger partial charge >= 0.3 is 0 Å². The quantitative estimate of drug-likeness (QED) is 0.779. The molecule has 0 aromatic heterocycles. The van der Waals surface area contributed by atoms with Gasteiger partial charge in [-0.1, -0.05) is 41.5 Å². The molecule has 0 saturated heterocycles. The maximum atomic E-state index is 13.0. The minimum absolute atomic E-state index is 0.0568. The highest BCUT2D eigenvalue weighted by atomic mass is 16.5. The van der Waals surface area contributed by atoms with Crippen LogP contribution in [-0.4, -0.2) is 18.0 Å². The number of phenolic OH excluding ortho intramolecular Hbond substituents is 1. The molecule has 0 heterocycles. The molecule has 2 aromatic rings. The van der Waals surface area contributed by atoms with Crippen LogP contribution in [-0.2, 0) is 10.8 Å². The average Bonchev–Trinajstić information content (AvgIpc) is 2.52. The van der Waals surface area contributed by atoms with Crippen molar-refractivity contribution >= 4 is 5.78 Å². The molecule has 1 N–H and O–H groups in total. The van der Waals surface area contributed by atoms with Crippen molar-refractivity contribution in [2.24, 2.45) is 0 Å². The Morgan fingerprint density at radius 1 is 0.840 bits per heavy atom. The number of ketones is 1. The summed E-state index contributed by atoms with van der Waals surface area (Å²) in [4.78, 5) is 13.0. The molecule has 0 fully saturated rings. The van der Waals surface area contributed by atoms with E-state index in [1.54, 1.807) is 31.4 Å². The predicted octanol–water partition coefficient (Wildman–Crippen LogP) is 5.23. The maximum Gasteiger partial charge on any atom is 0.193 e. The summed E-state index contributed by atoms with van der Waals surface area (Å²) in [5, 5.41) is 10.8. The highest BCUT2D eigenvalue weighted by Gasteiger charge is 2.28. The summed E-state index contributed by atoms with van der Waals surface area (Å²) in [6.07, 6.45) is 0. The van der Waals surface area contributed by atoms with Crippen LogP contribution in [0.3, 0.4) is 0 Å². The second kappa shape index (κ2) is 6.55. The standard InChI is InChI=1S/C22H28O3/c1-21(2,3)17-12-15(13-18(20(17)24)22(4,5)6)19(23)14-8-10-16(25-7)11-9-14/h8-13,24H,1-7H3. The van der Waals surface area contributed by atoms with Crippen LogP contribution in [0, 0.1) is 0 Å². The Morgan fingerprint density at radius 2 is 1.28 bits per heavy atom. The summed E-state index contributed by atoms with van der Waals surface area (Å²) >= 11 is 0. The van der Waals surface area contributed by atoms with Crippen molar-refractivity contribution in [3.63, 3.8) is 0 Å². The number of benzene rings is 2. The highest BCUT2D eigenvalue weighted by molar-refractivity contribution is 6.09. The van der Waals surface area contributed by atoms with Crippen molar-refractivity contribution in [1.82, 2.24) is 0 Å². The van der Waals surface area contributed by atoms with Crippen LogP contribution in [0.15, 0.2) is 36.4 Å². The molecule has 0 amide bonds. The number of phenols is 1. The zero-order valence-electron chi connectivity index (χ0n) is 16.2. The largest absolute Gasteiger partial charge is 0.507 e. The maximum absolute atomic E-state index is 13.0. The fourth-order valence-electron chi connectivity index (χ4n) is 2.82. The molecule has 2 aromatic carbocycles. The Kier molecular flexibility index (Phi) is 4.99. The van der Waals surface area contributed by atoms with Gasteiger partial charge in [-0.2, -0.15) is 0 Å². The topological polar surface area (TPSA) is 46.5 Å². The molecule has 3 heteroatoms. The van der Waals surface area contributed by atoms with Crippen molar-refractivity contribution in [3.8, 4) is 11.5 Å². The molecule has 0 bridgehead atoms. The molecule has 0 saturated carbocycles. The van der Waals surface area contributed by atoms with Gasteiger partial charge in [0.05, 0.1) is 7.11 Å². The van der Waals surface area contributed by atoms with Crippen LogP contribution in [0.25, 0.3) is 0 Å². The van der Waals surface area contributed by atoms with Crippen LogP contribution in [0.2, 0.25) is 0 Å². The van der Waals surface area contributed by atoms with E-state index in [0.717, 1.165) is 11.1 Å². The lowest BCUT2D eigenvalue weighted by atomic mass is 9.78. The lowest BCUT2D eigenvalue weighted by molar-refractivity contribution is 0.103. The van der Waals surface area contributed by atoms with E-state index < -0.39 is 0 Å². The average molecular weight is 340 g/mol. The molecule has 0 aliphatic rings. The first-order chi connectivity index (χ1) is 11.4. The first-order valence-corrected chi connectivity index (χ1v) is 8.52. The van der Waals surface area contributed by atoms with Crippen molar-refractivity contribution in [2.75, 3.05) is 7.11 Å². The predicted molar refractivity (Wildman–Crippen MR) is 102 cm³/mol. The zero-order chi connectivity index (χ0) is 19.0. The summed E-state index contributed by atoms with van der Waals surface area (Å²) in [5.41, 5.74) is 2.25. The SMILES string of the molecule is COc1ccc(C(=O)c2cc(C(C)(C)C)c(O)c(C(C)(C)C)c2)cc1. The molecule has 0 unspecified atom stereocenters. The van der Waals surface area contributed by atoms with E-state index in [2.05, 4.69) is 0 Å². The Morgan fingerprint density at radius 3 is 1.64 bits per heavy atom. The molecule has 2 rings (SSSR count). The molecule has 0 aliphatic carbocycles. The molecular weight excluding hydrogens is 312 g/mol. The number of rotatable bonds is 3. The molecule has 0 radical (unpaired) electrons. The first-order valence-electron chi connectivity index (χ1n) is 8.52. The van der Waals surface area contributed by atoms with Crippen LogP contribution in [0.1, 0.15) is 68.6 Å². The fourth-order valence-corrected chi connectivity index (χ4v) is 2.82. The van der Waals surface area contributed by atoms with Gasteiger partial charge in [0.15, 0.2) is 5.78 Å². The number of methoxy groups -OCH3 is 1. The van der Waals surface area contributed by atoms with E-state index in [1.165, 1.54) is 0 Å². The smallest absolute Gasteiger partial charge is 0.193 e. The van der Waals surface area contributed by atoms with Gasteiger partial charge in [-0.25, -0.2) is 0 Å². The molecule has 3 nitrogen and oxygen atoms in total. The van der Waals surface area contributed by atoms with Crippen molar-refractivity contribution in [1.29, 1.82) is 0 Å². The van der Waals surface area contributed by atoms with Gasteiger partial charge in [-0.05, 0) is 47.2 Å². The van der Waals surface area contributed by atoms with E-state index in [1.807, 2.05) is 53.7 Å². The molecule has 134 valence electrons. The minimum Gasteiger partial charge on any atom is -0.507 e. The number of carbonyl (C=O) groups is 1. The molecule has 0 atom stereocenters. The van der Waals surface area contributed by atoms with Gasteiger partial charge in [0, 0.05) is 22.3 Å². The van der Waals surface area contributed by atoms with Gasteiger partial charge in [0.2, 0.25) is 0 Å². The third kappa shape index (κ3) is 4.04. The molecule has 0 spiro atoms. The Labute approximate surface area is 150 Å². The summed E-state index contributed by atoms with van der Waals surface area (Å²) in [5.74, 6) is 0.943. The molecule has 25 heavy (non-hydrogen) atoms. The van der Waals surface area contributed by atoms with Crippen LogP contribution < -0.4 is 4.74 Å². The van der Waals surface area contributed by atoms with Crippen LogP contribution in [0.4, 0.5) is 0 Å². The molecular formula is C22H28O3. The van der Waals surface area contributed by atoms with Crippen LogP contribution in [0.5, 0.6) is 11.5 Å². The summed E-state index contributed by atoms with van der Waals surface area (Å²) < 4.78 is 5.15. The number of ether oxygens (including phenoxy) is 1. The fraction of sp³-hybridized carbons (Fsp3) is 0.409. The summed E-state index contributed by atoms with van der Waals surface area (Å²) in [7, 11) is 1.60. The lowest BCUT2D eigenvalue weighted by Gasteiger charge is -2.28. The summed E-state index contributed by atoms with van der Waals surface area (Å²) in [6, 6.07) is 10.7. The number of hydrogen-bond acceptors (Lipinski definition) is 3. The van der Waals surface area contributed by atoms with E-state index in [-0.39, 0.29) is 22.4 Å². The van der Waals surface area contributed by atoms with Crippen molar-refractivity contribution in [3.05, 3.63) is 58.7 Å². The minimum atomic E-state index is -0.264. The van der Waals surface area contributed by atoms with E-state index in [4.69, 9.17) is 4.74 Å². The van der Waals surface area contributed by atoms with Gasteiger partial charge < -0.3 is 9.84 Å². The third-order valence-electron chi connectivity index (χ3n) is 4.34. The number of carbonyl (C=O) groups excluding carboxylic acids is 1. The summed E-state index contributed by atoms with van der Waals surface area (Å²) in [6.45, 7) is 12.2. The third-order valence-corrected chi connectivity index (χ3v) is 4.34. The van der Waals surface area contributed by atoms with Gasteiger partial charge in [0.25, 0.3) is 0 Å². The Balaban J connectivity index is 2.62. The molecule has 0 aliphatic heterocycles. The monoisotopic (exact) mass is 340 g/mol. The second-order valence-electron chi connectivity index (χ2n) is 8.48. The first kappa shape index (κ1) is 19.0. The van der Waals surface area contributed by atoms with Crippen LogP contribution >= 0.6 is 0 Å². The zero-order valence-corrected chi connectivity index (χ0v) is 16.2. The van der Waals surface area contributed by atoms with Crippen molar-refractivity contribution < 1.29 is 14.6 Å². The normalized spacial score (nSPS) is 12.1. The van der Waals surface area contributed by atoms with E-state index in [9.17, 15) is 9.90 Å². The Bertz CT molecular complexity index is 737.